The Morgan fingerprint density at radius 1 is 1.53 bits per heavy atom. The van der Waals surface area contributed by atoms with Gasteiger partial charge in [0, 0.05) is 25.0 Å². The van der Waals surface area contributed by atoms with Gasteiger partial charge in [-0.3, -0.25) is 4.98 Å². The number of nitrogens with one attached hydrogen (secondary N) is 2. The van der Waals surface area contributed by atoms with Gasteiger partial charge in [-0.05, 0) is 50.2 Å². The van der Waals surface area contributed by atoms with Crippen LogP contribution in [0.25, 0.3) is 0 Å². The highest BCUT2D eigenvalue weighted by atomic mass is 32.1. The lowest BCUT2D eigenvalue weighted by Crippen LogP contribution is -2.38. The predicted molar refractivity (Wildman–Crippen MR) is 66.7 cm³/mol. The van der Waals surface area contributed by atoms with Crippen LogP contribution >= 0.6 is 12.2 Å². The number of hydrogen-bond acceptors (Lipinski definition) is 2. The van der Waals surface area contributed by atoms with Crippen molar-refractivity contribution in [2.75, 3.05) is 0 Å². The maximum atomic E-state index is 5.13. The van der Waals surface area contributed by atoms with Gasteiger partial charge in [-0.1, -0.05) is 0 Å². The molecule has 0 radical (unpaired) electrons. The van der Waals surface area contributed by atoms with Crippen LogP contribution in [-0.4, -0.2) is 16.1 Å². The lowest BCUT2D eigenvalue weighted by molar-refractivity contribution is 0.711. The fourth-order valence-electron chi connectivity index (χ4n) is 1.17. The quantitative estimate of drug-likeness (QED) is 0.766. The summed E-state index contributed by atoms with van der Waals surface area (Å²) in [6.07, 6.45) is 3.66. The van der Waals surface area contributed by atoms with E-state index in [0.29, 0.717) is 11.2 Å². The van der Waals surface area contributed by atoms with Gasteiger partial charge in [0.2, 0.25) is 0 Å². The van der Waals surface area contributed by atoms with Crippen molar-refractivity contribution in [3.63, 3.8) is 0 Å². The molecular weight excluding hydrogens is 206 g/mol. The molecule has 0 aromatic carbocycles. The van der Waals surface area contributed by atoms with Crippen molar-refractivity contribution in [1.29, 1.82) is 0 Å². The zero-order chi connectivity index (χ0) is 11.3. The molecule has 2 N–H and O–H groups in total. The van der Waals surface area contributed by atoms with Crippen molar-refractivity contribution >= 4 is 17.3 Å². The molecule has 0 atom stereocenters. The topological polar surface area (TPSA) is 37.0 Å². The van der Waals surface area contributed by atoms with Gasteiger partial charge >= 0.3 is 0 Å². The SMILES string of the molecule is Cc1ccncc1CNC(=S)NC(C)C. The number of nitrogens with zero attached hydrogens (tertiary/aromatic N) is 1. The monoisotopic (exact) mass is 223 g/mol. The summed E-state index contributed by atoms with van der Waals surface area (Å²) in [7, 11) is 0. The van der Waals surface area contributed by atoms with Crippen LogP contribution in [0.2, 0.25) is 0 Å². The molecule has 1 aromatic heterocycles. The standard InChI is InChI=1S/C11H17N3S/c1-8(2)14-11(15)13-7-10-6-12-5-4-9(10)3/h4-6,8H,7H2,1-3H3,(H2,13,14,15). The van der Waals surface area contributed by atoms with E-state index in [1.165, 1.54) is 11.1 Å². The molecule has 0 fully saturated rings. The number of aryl methyl sites for hydroxylation is 1. The third kappa shape index (κ3) is 4.25. The van der Waals surface area contributed by atoms with Gasteiger partial charge in [-0.2, -0.15) is 0 Å². The van der Waals surface area contributed by atoms with E-state index in [1.807, 2.05) is 12.3 Å². The van der Waals surface area contributed by atoms with Crippen LogP contribution in [0.3, 0.4) is 0 Å². The average Bonchev–Trinajstić information content (AvgIpc) is 2.15. The first kappa shape index (κ1) is 11.9. The lowest BCUT2D eigenvalue weighted by Gasteiger charge is -2.13. The molecule has 15 heavy (non-hydrogen) atoms. The van der Waals surface area contributed by atoms with Crippen molar-refractivity contribution < 1.29 is 0 Å². The Hall–Kier alpha value is -1.16. The molecule has 0 saturated heterocycles. The molecule has 0 aliphatic rings. The van der Waals surface area contributed by atoms with E-state index in [9.17, 15) is 0 Å². The summed E-state index contributed by atoms with van der Waals surface area (Å²) in [6.45, 7) is 6.91. The van der Waals surface area contributed by atoms with E-state index >= 15 is 0 Å². The first-order valence-corrected chi connectivity index (χ1v) is 5.44. The highest BCUT2D eigenvalue weighted by molar-refractivity contribution is 7.80. The molecule has 82 valence electrons. The summed E-state index contributed by atoms with van der Waals surface area (Å²) in [5.41, 5.74) is 2.40. The second kappa shape index (κ2) is 5.66. The van der Waals surface area contributed by atoms with Crippen LogP contribution in [-0.2, 0) is 6.54 Å². The summed E-state index contributed by atoms with van der Waals surface area (Å²) in [5, 5.41) is 6.97. The fraction of sp³-hybridized carbons (Fsp3) is 0.455. The summed E-state index contributed by atoms with van der Waals surface area (Å²) >= 11 is 5.13. The van der Waals surface area contributed by atoms with Crippen LogP contribution in [0.4, 0.5) is 0 Å². The van der Waals surface area contributed by atoms with Crippen molar-refractivity contribution in [2.24, 2.45) is 0 Å². The molecule has 4 heteroatoms. The molecule has 1 heterocycles. The summed E-state index contributed by atoms with van der Waals surface area (Å²) < 4.78 is 0. The zero-order valence-corrected chi connectivity index (χ0v) is 10.2. The van der Waals surface area contributed by atoms with Gasteiger partial charge in [0.25, 0.3) is 0 Å². The largest absolute Gasteiger partial charge is 0.361 e. The van der Waals surface area contributed by atoms with Gasteiger partial charge in [0.15, 0.2) is 5.11 Å². The van der Waals surface area contributed by atoms with Gasteiger partial charge in [0.1, 0.15) is 0 Å². The second-order valence-corrected chi connectivity index (χ2v) is 4.19. The van der Waals surface area contributed by atoms with E-state index < -0.39 is 0 Å². The number of thiocarbonyl (C=S) groups is 1. The number of hydrogen-bond donors (Lipinski definition) is 2. The maximum Gasteiger partial charge on any atom is 0.166 e. The molecule has 0 saturated carbocycles. The predicted octanol–water partition coefficient (Wildman–Crippen LogP) is 1.76. The van der Waals surface area contributed by atoms with E-state index in [0.717, 1.165) is 6.54 Å². The highest BCUT2D eigenvalue weighted by Crippen LogP contribution is 2.03. The molecule has 1 rings (SSSR count). The molecule has 0 amide bonds. The first-order valence-electron chi connectivity index (χ1n) is 5.03. The van der Waals surface area contributed by atoms with Gasteiger partial charge < -0.3 is 10.6 Å². The Bertz CT molecular complexity index is 336. The Morgan fingerprint density at radius 2 is 2.27 bits per heavy atom. The van der Waals surface area contributed by atoms with Crippen LogP contribution in [0.1, 0.15) is 25.0 Å². The summed E-state index contributed by atoms with van der Waals surface area (Å²) in [4.78, 5) is 4.08. The number of aromatic nitrogens is 1. The lowest BCUT2D eigenvalue weighted by atomic mass is 10.2. The molecule has 3 nitrogen and oxygen atoms in total. The van der Waals surface area contributed by atoms with Gasteiger partial charge in [-0.15, -0.1) is 0 Å². The van der Waals surface area contributed by atoms with E-state index in [2.05, 4.69) is 36.4 Å². The Balaban J connectivity index is 2.44. The summed E-state index contributed by atoms with van der Waals surface area (Å²) in [6, 6.07) is 2.36. The minimum atomic E-state index is 0.361. The third-order valence-electron chi connectivity index (χ3n) is 2.01. The van der Waals surface area contributed by atoms with Crippen molar-refractivity contribution in [3.05, 3.63) is 29.6 Å². The summed E-state index contributed by atoms with van der Waals surface area (Å²) in [5.74, 6) is 0. The maximum absolute atomic E-state index is 5.13. The van der Waals surface area contributed by atoms with Gasteiger partial charge in [-0.25, -0.2) is 0 Å². The first-order chi connectivity index (χ1) is 7.09. The van der Waals surface area contributed by atoms with E-state index in [-0.39, 0.29) is 0 Å². The van der Waals surface area contributed by atoms with Crippen LogP contribution in [0, 0.1) is 6.92 Å². The molecule has 0 aliphatic heterocycles. The number of pyridine rings is 1. The Kier molecular flexibility index (Phi) is 4.49. The molecule has 0 bridgehead atoms. The zero-order valence-electron chi connectivity index (χ0n) is 9.37. The van der Waals surface area contributed by atoms with Crippen molar-refractivity contribution in [1.82, 2.24) is 15.6 Å². The molecule has 0 aliphatic carbocycles. The van der Waals surface area contributed by atoms with Crippen molar-refractivity contribution in [3.8, 4) is 0 Å². The highest BCUT2D eigenvalue weighted by Gasteiger charge is 2.00. The van der Waals surface area contributed by atoms with Crippen LogP contribution in [0.15, 0.2) is 18.5 Å². The normalized spacial score (nSPS) is 10.1. The fourth-order valence-corrected chi connectivity index (χ4v) is 1.48. The Morgan fingerprint density at radius 3 is 2.87 bits per heavy atom. The molecular formula is C11H17N3S. The van der Waals surface area contributed by atoms with E-state index in [1.54, 1.807) is 6.20 Å². The average molecular weight is 223 g/mol. The van der Waals surface area contributed by atoms with Crippen LogP contribution in [0.5, 0.6) is 0 Å². The smallest absolute Gasteiger partial charge is 0.166 e. The van der Waals surface area contributed by atoms with Crippen molar-refractivity contribution in [2.45, 2.75) is 33.4 Å². The molecule has 0 unspecified atom stereocenters. The van der Waals surface area contributed by atoms with Crippen LogP contribution < -0.4 is 10.6 Å². The number of rotatable bonds is 3. The Labute approximate surface area is 96.3 Å². The minimum Gasteiger partial charge on any atom is -0.361 e. The molecule has 1 aromatic rings. The second-order valence-electron chi connectivity index (χ2n) is 3.78. The minimum absolute atomic E-state index is 0.361. The molecule has 0 spiro atoms. The van der Waals surface area contributed by atoms with Gasteiger partial charge in [0.05, 0.1) is 0 Å². The van der Waals surface area contributed by atoms with E-state index in [4.69, 9.17) is 12.2 Å². The third-order valence-corrected chi connectivity index (χ3v) is 2.27.